The summed E-state index contributed by atoms with van der Waals surface area (Å²) in [4.78, 5) is 0. The van der Waals surface area contributed by atoms with Crippen LogP contribution in [0.15, 0.2) is 42.5 Å². The van der Waals surface area contributed by atoms with E-state index in [1.54, 1.807) is 18.2 Å². The van der Waals surface area contributed by atoms with Crippen molar-refractivity contribution in [3.63, 3.8) is 0 Å². The number of aliphatic hydroxyl groups excluding tert-OH is 1. The standard InChI is InChI=1S/C16H15FO2/c17-15-4-2-1-3-12(15)10-19-13-6-7-14-11(9-13)5-8-16(14)18/h1-4,6-7,9,16,18H,5,8,10H2/t16-/m0/s1. The molecular weight excluding hydrogens is 243 g/mol. The van der Waals surface area contributed by atoms with Crippen molar-refractivity contribution in [3.05, 3.63) is 65.0 Å². The third-order valence-electron chi connectivity index (χ3n) is 3.51. The van der Waals surface area contributed by atoms with E-state index in [9.17, 15) is 9.50 Å². The predicted molar refractivity (Wildman–Crippen MR) is 70.5 cm³/mol. The van der Waals surface area contributed by atoms with Crippen molar-refractivity contribution in [2.75, 3.05) is 0 Å². The SMILES string of the molecule is O[C@H]1CCc2cc(OCc3ccccc3F)ccc21. The molecule has 3 heteroatoms. The van der Waals surface area contributed by atoms with Gasteiger partial charge in [0, 0.05) is 5.56 Å². The molecule has 2 nitrogen and oxygen atoms in total. The highest BCUT2D eigenvalue weighted by Crippen LogP contribution is 2.33. The van der Waals surface area contributed by atoms with Gasteiger partial charge in [0.2, 0.25) is 0 Å². The topological polar surface area (TPSA) is 29.5 Å². The van der Waals surface area contributed by atoms with Crippen molar-refractivity contribution in [1.82, 2.24) is 0 Å². The highest BCUT2D eigenvalue weighted by molar-refractivity contribution is 5.40. The smallest absolute Gasteiger partial charge is 0.129 e. The zero-order chi connectivity index (χ0) is 13.2. The molecule has 0 unspecified atom stereocenters. The third kappa shape index (κ3) is 2.47. The lowest BCUT2D eigenvalue weighted by molar-refractivity contribution is 0.180. The van der Waals surface area contributed by atoms with E-state index in [-0.39, 0.29) is 18.5 Å². The van der Waals surface area contributed by atoms with Crippen molar-refractivity contribution in [2.45, 2.75) is 25.6 Å². The lowest BCUT2D eigenvalue weighted by Gasteiger charge is -2.09. The Labute approximate surface area is 111 Å². The fourth-order valence-corrected chi connectivity index (χ4v) is 2.44. The molecule has 1 atom stereocenters. The highest BCUT2D eigenvalue weighted by atomic mass is 19.1. The van der Waals surface area contributed by atoms with E-state index in [1.165, 1.54) is 6.07 Å². The minimum absolute atomic E-state index is 0.216. The van der Waals surface area contributed by atoms with E-state index in [2.05, 4.69) is 0 Å². The Balaban J connectivity index is 1.73. The molecule has 1 N–H and O–H groups in total. The highest BCUT2D eigenvalue weighted by Gasteiger charge is 2.20. The van der Waals surface area contributed by atoms with Crippen molar-refractivity contribution in [2.24, 2.45) is 0 Å². The number of halogens is 1. The van der Waals surface area contributed by atoms with Crippen molar-refractivity contribution >= 4 is 0 Å². The molecule has 0 spiro atoms. The molecule has 98 valence electrons. The van der Waals surface area contributed by atoms with Gasteiger partial charge in [0.05, 0.1) is 6.10 Å². The fourth-order valence-electron chi connectivity index (χ4n) is 2.44. The second-order valence-corrected chi connectivity index (χ2v) is 4.80. The van der Waals surface area contributed by atoms with Crippen LogP contribution in [0.2, 0.25) is 0 Å². The summed E-state index contributed by atoms with van der Waals surface area (Å²) in [6.07, 6.45) is 1.29. The number of hydrogen-bond donors (Lipinski definition) is 1. The molecule has 0 bridgehead atoms. The number of aliphatic hydroxyl groups is 1. The van der Waals surface area contributed by atoms with Crippen LogP contribution in [0.25, 0.3) is 0 Å². The minimum atomic E-state index is -0.351. The second kappa shape index (κ2) is 5.02. The van der Waals surface area contributed by atoms with Crippen LogP contribution >= 0.6 is 0 Å². The summed E-state index contributed by atoms with van der Waals surface area (Å²) in [7, 11) is 0. The largest absolute Gasteiger partial charge is 0.489 e. The van der Waals surface area contributed by atoms with Gasteiger partial charge in [0.25, 0.3) is 0 Å². The molecule has 3 rings (SSSR count). The van der Waals surface area contributed by atoms with Gasteiger partial charge in [-0.2, -0.15) is 0 Å². The summed E-state index contributed by atoms with van der Waals surface area (Å²) in [5, 5.41) is 9.73. The maximum Gasteiger partial charge on any atom is 0.129 e. The van der Waals surface area contributed by atoms with Crippen LogP contribution in [-0.2, 0) is 13.0 Å². The number of fused-ring (bicyclic) bond motifs is 1. The van der Waals surface area contributed by atoms with Gasteiger partial charge in [-0.25, -0.2) is 4.39 Å². The number of hydrogen-bond acceptors (Lipinski definition) is 2. The number of rotatable bonds is 3. The minimum Gasteiger partial charge on any atom is -0.489 e. The zero-order valence-electron chi connectivity index (χ0n) is 10.5. The average molecular weight is 258 g/mol. The van der Waals surface area contributed by atoms with E-state index in [1.807, 2.05) is 18.2 Å². The Bertz CT molecular complexity index is 595. The summed E-state index contributed by atoms with van der Waals surface area (Å²) in [5.74, 6) is 0.468. The molecule has 1 aliphatic rings. The van der Waals surface area contributed by atoms with Gasteiger partial charge in [-0.1, -0.05) is 24.3 Å². The molecule has 0 saturated heterocycles. The molecule has 2 aromatic carbocycles. The summed E-state index contributed by atoms with van der Waals surface area (Å²) in [5.41, 5.74) is 2.65. The zero-order valence-corrected chi connectivity index (χ0v) is 10.5. The molecular formula is C16H15FO2. The molecule has 0 aromatic heterocycles. The number of aryl methyl sites for hydroxylation is 1. The fraction of sp³-hybridized carbons (Fsp3) is 0.250. The Morgan fingerprint density at radius 3 is 2.89 bits per heavy atom. The van der Waals surface area contributed by atoms with Gasteiger partial charge in [-0.05, 0) is 42.2 Å². The van der Waals surface area contributed by atoms with Gasteiger partial charge in [-0.3, -0.25) is 0 Å². The number of ether oxygens (including phenoxy) is 1. The van der Waals surface area contributed by atoms with Crippen LogP contribution < -0.4 is 4.74 Å². The van der Waals surface area contributed by atoms with Gasteiger partial charge < -0.3 is 9.84 Å². The molecule has 0 aliphatic heterocycles. The normalized spacial score (nSPS) is 17.3. The lowest BCUT2D eigenvalue weighted by Crippen LogP contribution is -1.99. The van der Waals surface area contributed by atoms with Crippen molar-refractivity contribution in [1.29, 1.82) is 0 Å². The predicted octanol–water partition coefficient (Wildman–Crippen LogP) is 3.38. The van der Waals surface area contributed by atoms with E-state index >= 15 is 0 Å². The van der Waals surface area contributed by atoms with Gasteiger partial charge in [-0.15, -0.1) is 0 Å². The first-order valence-corrected chi connectivity index (χ1v) is 6.41. The summed E-state index contributed by atoms with van der Waals surface area (Å²) >= 11 is 0. The molecule has 0 fully saturated rings. The van der Waals surface area contributed by atoms with Gasteiger partial charge in [0.1, 0.15) is 18.2 Å². The summed E-state index contributed by atoms with van der Waals surface area (Å²) in [6.45, 7) is 0.216. The van der Waals surface area contributed by atoms with E-state index < -0.39 is 0 Å². The third-order valence-corrected chi connectivity index (χ3v) is 3.51. The Morgan fingerprint density at radius 1 is 1.21 bits per heavy atom. The quantitative estimate of drug-likeness (QED) is 0.914. The Hall–Kier alpha value is -1.87. The molecule has 0 saturated carbocycles. The van der Waals surface area contributed by atoms with Gasteiger partial charge in [0.15, 0.2) is 0 Å². The monoisotopic (exact) mass is 258 g/mol. The summed E-state index contributed by atoms with van der Waals surface area (Å²) < 4.78 is 19.1. The lowest BCUT2D eigenvalue weighted by atomic mass is 10.1. The van der Waals surface area contributed by atoms with Crippen LogP contribution in [0.1, 0.15) is 29.2 Å². The first-order valence-electron chi connectivity index (χ1n) is 6.41. The molecule has 0 heterocycles. The maximum atomic E-state index is 13.5. The first-order chi connectivity index (χ1) is 9.24. The molecule has 2 aromatic rings. The van der Waals surface area contributed by atoms with E-state index in [0.29, 0.717) is 5.56 Å². The van der Waals surface area contributed by atoms with Gasteiger partial charge >= 0.3 is 0 Å². The van der Waals surface area contributed by atoms with Crippen molar-refractivity contribution < 1.29 is 14.2 Å². The maximum absolute atomic E-state index is 13.5. The Morgan fingerprint density at radius 2 is 2.05 bits per heavy atom. The Kier molecular flexibility index (Phi) is 3.22. The van der Waals surface area contributed by atoms with Crippen molar-refractivity contribution in [3.8, 4) is 5.75 Å². The average Bonchev–Trinajstić information content (AvgIpc) is 2.79. The molecule has 0 amide bonds. The van der Waals surface area contributed by atoms with Crippen LogP contribution in [0.5, 0.6) is 5.75 Å². The van der Waals surface area contributed by atoms with Crippen LogP contribution in [0.4, 0.5) is 4.39 Å². The van der Waals surface area contributed by atoms with E-state index in [0.717, 1.165) is 29.7 Å². The second-order valence-electron chi connectivity index (χ2n) is 4.80. The van der Waals surface area contributed by atoms with Crippen LogP contribution in [-0.4, -0.2) is 5.11 Å². The molecule has 0 radical (unpaired) electrons. The van der Waals surface area contributed by atoms with E-state index in [4.69, 9.17) is 4.74 Å². The van der Waals surface area contributed by atoms with Crippen LogP contribution in [0.3, 0.4) is 0 Å². The number of benzene rings is 2. The van der Waals surface area contributed by atoms with Crippen LogP contribution in [0, 0.1) is 5.82 Å². The first kappa shape index (κ1) is 12.2. The molecule has 19 heavy (non-hydrogen) atoms. The molecule has 1 aliphatic carbocycles. The summed E-state index contributed by atoms with van der Waals surface area (Å²) in [6, 6.07) is 12.3.